The molecule has 0 spiro atoms. The number of fused-ring (bicyclic) bond motifs is 2. The highest BCUT2D eigenvalue weighted by molar-refractivity contribution is 5.94. The third-order valence-electron chi connectivity index (χ3n) is 3.76. The minimum absolute atomic E-state index is 0.307. The van der Waals surface area contributed by atoms with Crippen LogP contribution in [0.25, 0.3) is 17.7 Å². The lowest BCUT2D eigenvalue weighted by Crippen LogP contribution is -2.06. The molecule has 2 nitrogen and oxygen atoms in total. The molecular weight excluding hydrogens is 258 g/mol. The van der Waals surface area contributed by atoms with Crippen LogP contribution in [-0.2, 0) is 0 Å². The topological polar surface area (TPSA) is 32.3 Å². The number of phenolic OH excluding ortho intramolecular Hbond substituents is 1. The summed E-state index contributed by atoms with van der Waals surface area (Å²) in [6, 6.07) is 14.0. The molecule has 0 bridgehead atoms. The maximum absolute atomic E-state index is 9.85. The molecule has 2 N–H and O–H groups in total. The Balaban J connectivity index is 2.18. The molecule has 21 heavy (non-hydrogen) atoms. The number of phenols is 1. The summed E-state index contributed by atoms with van der Waals surface area (Å²) in [4.78, 5) is 0. The van der Waals surface area contributed by atoms with Gasteiger partial charge in [0.05, 0.1) is 0 Å². The summed E-state index contributed by atoms with van der Waals surface area (Å²) in [5.41, 5.74) is 5.85. The average molecular weight is 277 g/mol. The van der Waals surface area contributed by atoms with E-state index in [-0.39, 0.29) is 0 Å². The van der Waals surface area contributed by atoms with Crippen molar-refractivity contribution >= 4 is 17.7 Å². The molecule has 0 amide bonds. The van der Waals surface area contributed by atoms with Crippen molar-refractivity contribution in [3.05, 3.63) is 70.8 Å². The van der Waals surface area contributed by atoms with Crippen molar-refractivity contribution in [1.82, 2.24) is 5.32 Å². The van der Waals surface area contributed by atoms with Crippen LogP contribution >= 0.6 is 0 Å². The van der Waals surface area contributed by atoms with Gasteiger partial charge in [0, 0.05) is 0 Å². The largest absolute Gasteiger partial charge is 0.508 e. The molecule has 0 saturated carbocycles. The van der Waals surface area contributed by atoms with Crippen LogP contribution in [0, 0.1) is 0 Å². The molecule has 0 radical (unpaired) electrons. The first-order valence-electron chi connectivity index (χ1n) is 7.25. The van der Waals surface area contributed by atoms with Crippen LogP contribution in [0.2, 0.25) is 0 Å². The van der Waals surface area contributed by atoms with E-state index in [9.17, 15) is 5.11 Å². The highest BCUT2D eigenvalue weighted by Crippen LogP contribution is 2.35. The van der Waals surface area contributed by atoms with Gasteiger partial charge in [-0.05, 0) is 60.0 Å². The fourth-order valence-corrected chi connectivity index (χ4v) is 2.72. The van der Waals surface area contributed by atoms with E-state index in [1.165, 1.54) is 16.7 Å². The zero-order valence-electron chi connectivity index (χ0n) is 12.1. The molecule has 0 saturated heterocycles. The Morgan fingerprint density at radius 2 is 1.76 bits per heavy atom. The van der Waals surface area contributed by atoms with Gasteiger partial charge >= 0.3 is 0 Å². The molecule has 0 fully saturated rings. The van der Waals surface area contributed by atoms with Crippen LogP contribution in [0.3, 0.4) is 0 Å². The van der Waals surface area contributed by atoms with E-state index in [1.54, 1.807) is 6.07 Å². The van der Waals surface area contributed by atoms with Crippen LogP contribution in [-0.4, -0.2) is 18.7 Å². The molecule has 1 aliphatic rings. The van der Waals surface area contributed by atoms with E-state index in [0.29, 0.717) is 5.75 Å². The quantitative estimate of drug-likeness (QED) is 0.711. The van der Waals surface area contributed by atoms with Crippen molar-refractivity contribution in [2.24, 2.45) is 0 Å². The average Bonchev–Trinajstić information content (AvgIpc) is 2.65. The Kier molecular flexibility index (Phi) is 3.89. The molecule has 0 aliphatic heterocycles. The van der Waals surface area contributed by atoms with Crippen LogP contribution in [0.15, 0.2) is 48.5 Å². The summed E-state index contributed by atoms with van der Waals surface area (Å²) in [6.45, 7) is 0.938. The minimum atomic E-state index is 0.307. The molecule has 106 valence electrons. The lowest BCUT2D eigenvalue weighted by Gasteiger charge is -2.12. The van der Waals surface area contributed by atoms with E-state index in [0.717, 1.165) is 24.1 Å². The number of aromatic hydroxyl groups is 1. The fourth-order valence-electron chi connectivity index (χ4n) is 2.72. The van der Waals surface area contributed by atoms with Crippen molar-refractivity contribution in [2.75, 3.05) is 13.6 Å². The third-order valence-corrected chi connectivity index (χ3v) is 3.76. The second-order valence-corrected chi connectivity index (χ2v) is 5.20. The van der Waals surface area contributed by atoms with Gasteiger partial charge in [-0.15, -0.1) is 0 Å². The summed E-state index contributed by atoms with van der Waals surface area (Å²) in [5, 5.41) is 13.0. The molecule has 2 aromatic rings. The first-order chi connectivity index (χ1) is 10.3. The van der Waals surface area contributed by atoms with Crippen molar-refractivity contribution < 1.29 is 5.11 Å². The van der Waals surface area contributed by atoms with Gasteiger partial charge in [0.15, 0.2) is 0 Å². The Morgan fingerprint density at radius 1 is 1.00 bits per heavy atom. The van der Waals surface area contributed by atoms with Crippen LogP contribution in [0.1, 0.15) is 28.7 Å². The molecule has 2 aromatic carbocycles. The van der Waals surface area contributed by atoms with Gasteiger partial charge in [0.2, 0.25) is 0 Å². The van der Waals surface area contributed by atoms with Crippen LogP contribution in [0.5, 0.6) is 5.75 Å². The van der Waals surface area contributed by atoms with Gasteiger partial charge < -0.3 is 10.4 Å². The normalized spacial score (nSPS) is 14.6. The minimum Gasteiger partial charge on any atom is -0.508 e. The second-order valence-electron chi connectivity index (χ2n) is 5.20. The van der Waals surface area contributed by atoms with Crippen LogP contribution in [0.4, 0.5) is 0 Å². The molecule has 2 heteroatoms. The molecule has 1 aliphatic carbocycles. The van der Waals surface area contributed by atoms with Gasteiger partial charge in [-0.1, -0.05) is 48.6 Å². The first kappa shape index (κ1) is 13.7. The third kappa shape index (κ3) is 2.76. The lowest BCUT2D eigenvalue weighted by atomic mass is 9.92. The predicted molar refractivity (Wildman–Crippen MR) is 89.1 cm³/mol. The first-order valence-corrected chi connectivity index (χ1v) is 7.25. The van der Waals surface area contributed by atoms with Gasteiger partial charge in [0.25, 0.3) is 0 Å². The molecule has 0 aromatic heterocycles. The zero-order chi connectivity index (χ0) is 14.7. The molecule has 0 unspecified atom stereocenters. The number of rotatable bonds is 3. The highest BCUT2D eigenvalue weighted by Gasteiger charge is 2.14. The molecule has 0 heterocycles. The number of hydrogen-bond donors (Lipinski definition) is 2. The summed E-state index contributed by atoms with van der Waals surface area (Å²) >= 11 is 0. The van der Waals surface area contributed by atoms with Gasteiger partial charge in [-0.25, -0.2) is 0 Å². The fraction of sp³-hybridized carbons (Fsp3) is 0.158. The highest BCUT2D eigenvalue weighted by atomic mass is 16.3. The molecular formula is C19H19NO. The van der Waals surface area contributed by atoms with Gasteiger partial charge in [-0.2, -0.15) is 0 Å². The van der Waals surface area contributed by atoms with E-state index < -0.39 is 0 Å². The van der Waals surface area contributed by atoms with Gasteiger partial charge in [0.1, 0.15) is 5.75 Å². The van der Waals surface area contributed by atoms with E-state index in [4.69, 9.17) is 0 Å². The Bertz CT molecular complexity index is 713. The lowest BCUT2D eigenvalue weighted by molar-refractivity contribution is 0.475. The van der Waals surface area contributed by atoms with Gasteiger partial charge in [-0.3, -0.25) is 0 Å². The van der Waals surface area contributed by atoms with Crippen LogP contribution < -0.4 is 5.32 Å². The van der Waals surface area contributed by atoms with Crippen molar-refractivity contribution in [3.8, 4) is 5.75 Å². The summed E-state index contributed by atoms with van der Waals surface area (Å²) in [5.74, 6) is 0.307. The second kappa shape index (κ2) is 5.98. The van der Waals surface area contributed by atoms with Crippen molar-refractivity contribution in [3.63, 3.8) is 0 Å². The Hall–Kier alpha value is -2.32. The summed E-state index contributed by atoms with van der Waals surface area (Å²) < 4.78 is 0. The SMILES string of the molecule is CNCC/C=C1/c2ccccc2C=Cc2ccc(O)cc21. The maximum Gasteiger partial charge on any atom is 0.116 e. The number of hydrogen-bond acceptors (Lipinski definition) is 2. The van der Waals surface area contributed by atoms with E-state index >= 15 is 0 Å². The summed E-state index contributed by atoms with van der Waals surface area (Å²) in [6.07, 6.45) is 7.46. The van der Waals surface area contributed by atoms with Crippen molar-refractivity contribution in [1.29, 1.82) is 0 Å². The summed E-state index contributed by atoms with van der Waals surface area (Å²) in [7, 11) is 1.96. The Labute approximate surface area is 125 Å². The van der Waals surface area contributed by atoms with E-state index in [1.807, 2.05) is 19.2 Å². The monoisotopic (exact) mass is 277 g/mol. The maximum atomic E-state index is 9.85. The number of benzene rings is 2. The van der Waals surface area contributed by atoms with Crippen molar-refractivity contribution in [2.45, 2.75) is 6.42 Å². The predicted octanol–water partition coefficient (Wildman–Crippen LogP) is 3.92. The smallest absolute Gasteiger partial charge is 0.116 e. The number of nitrogens with one attached hydrogen (secondary N) is 1. The zero-order valence-corrected chi connectivity index (χ0v) is 12.1. The molecule has 0 atom stereocenters. The Morgan fingerprint density at radius 3 is 2.57 bits per heavy atom. The molecule has 3 rings (SSSR count). The standard InChI is InChI=1S/C19H19NO/c1-20-12-4-7-18-17-6-3-2-5-14(17)8-9-15-10-11-16(21)13-19(15)18/h2-3,5-11,13,20-21H,4,12H2,1H3/b18-7-. The van der Waals surface area contributed by atoms with E-state index in [2.05, 4.69) is 47.8 Å².